The number of Topliss-reactive ketones (excluding diaryl/α,β-unsaturated/α-hetero) is 1. The normalized spacial score (nSPS) is 14.8. The van der Waals surface area contributed by atoms with Gasteiger partial charge >= 0.3 is 5.97 Å². The van der Waals surface area contributed by atoms with Crippen LogP contribution in [0.3, 0.4) is 0 Å². The minimum Gasteiger partial charge on any atom is -0.480 e. The molecule has 6 heteroatoms. The minimum atomic E-state index is -1.36. The lowest BCUT2D eigenvalue weighted by Gasteiger charge is -2.20. The highest BCUT2D eigenvalue weighted by Gasteiger charge is 2.32. The fraction of sp³-hybridized carbons (Fsp3) is 0.500. The number of carboxylic acids is 1. The third kappa shape index (κ3) is 2.33. The first-order valence-electron chi connectivity index (χ1n) is 6.54. The summed E-state index contributed by atoms with van der Waals surface area (Å²) >= 11 is 0. The van der Waals surface area contributed by atoms with Crippen LogP contribution in [0.5, 0.6) is 0 Å². The lowest BCUT2D eigenvalue weighted by Crippen LogP contribution is -2.49. The first-order chi connectivity index (χ1) is 9.24. The molecule has 0 saturated carbocycles. The molecular weight excluding hydrogens is 260 g/mol. The number of rotatable bonds is 3. The largest absolute Gasteiger partial charge is 0.480 e. The zero-order valence-electron chi connectivity index (χ0n) is 11.8. The predicted molar refractivity (Wildman–Crippen MR) is 72.0 cm³/mol. The SMILES string of the molecule is Cc1c(C(=O)NC(C)(C)C(=O)O)[nH]c2c1C(=O)CCC2. The number of carbonyl (C=O) groups is 3. The van der Waals surface area contributed by atoms with E-state index in [-0.39, 0.29) is 11.5 Å². The summed E-state index contributed by atoms with van der Waals surface area (Å²) in [5.41, 5.74) is 0.883. The van der Waals surface area contributed by atoms with Gasteiger partial charge in [-0.2, -0.15) is 0 Å². The number of fused-ring (bicyclic) bond motifs is 1. The molecule has 2 rings (SSSR count). The zero-order valence-corrected chi connectivity index (χ0v) is 11.8. The topological polar surface area (TPSA) is 99.3 Å². The van der Waals surface area contributed by atoms with E-state index in [9.17, 15) is 14.4 Å². The maximum atomic E-state index is 12.2. The molecular formula is C14H18N2O4. The van der Waals surface area contributed by atoms with Gasteiger partial charge in [0.25, 0.3) is 5.91 Å². The van der Waals surface area contributed by atoms with Gasteiger partial charge in [0.2, 0.25) is 0 Å². The number of ketones is 1. The van der Waals surface area contributed by atoms with Gasteiger partial charge in [0.1, 0.15) is 11.2 Å². The highest BCUT2D eigenvalue weighted by Crippen LogP contribution is 2.26. The van der Waals surface area contributed by atoms with E-state index < -0.39 is 17.4 Å². The molecule has 1 aromatic rings. The second-order valence-corrected chi connectivity index (χ2v) is 5.64. The molecule has 6 nitrogen and oxygen atoms in total. The lowest BCUT2D eigenvalue weighted by atomic mass is 9.93. The monoisotopic (exact) mass is 278 g/mol. The van der Waals surface area contributed by atoms with E-state index >= 15 is 0 Å². The number of hydrogen-bond donors (Lipinski definition) is 3. The minimum absolute atomic E-state index is 0.0385. The van der Waals surface area contributed by atoms with Gasteiger partial charge in [-0.3, -0.25) is 9.59 Å². The first-order valence-corrected chi connectivity index (χ1v) is 6.54. The third-order valence-corrected chi connectivity index (χ3v) is 3.62. The number of carbonyl (C=O) groups excluding carboxylic acids is 2. The molecule has 20 heavy (non-hydrogen) atoms. The third-order valence-electron chi connectivity index (χ3n) is 3.62. The zero-order chi connectivity index (χ0) is 15.1. The van der Waals surface area contributed by atoms with Gasteiger partial charge < -0.3 is 15.4 Å². The van der Waals surface area contributed by atoms with Gasteiger partial charge in [-0.05, 0) is 39.2 Å². The Bertz CT molecular complexity index is 599. The van der Waals surface area contributed by atoms with Gasteiger partial charge in [-0.15, -0.1) is 0 Å². The molecule has 1 heterocycles. The van der Waals surface area contributed by atoms with Crippen molar-refractivity contribution in [3.05, 3.63) is 22.5 Å². The van der Waals surface area contributed by atoms with Crippen molar-refractivity contribution in [3.8, 4) is 0 Å². The van der Waals surface area contributed by atoms with Crippen LogP contribution < -0.4 is 5.32 Å². The van der Waals surface area contributed by atoms with Crippen molar-refractivity contribution in [1.82, 2.24) is 10.3 Å². The number of carboxylic acid groups (broad SMARTS) is 1. The van der Waals surface area contributed by atoms with E-state index in [0.717, 1.165) is 18.5 Å². The Morgan fingerprint density at radius 3 is 2.50 bits per heavy atom. The lowest BCUT2D eigenvalue weighted by molar-refractivity contribution is -0.143. The van der Waals surface area contributed by atoms with Crippen LogP contribution in [0.15, 0.2) is 0 Å². The summed E-state index contributed by atoms with van der Waals surface area (Å²) in [7, 11) is 0. The van der Waals surface area contributed by atoms with E-state index in [1.165, 1.54) is 13.8 Å². The highest BCUT2D eigenvalue weighted by atomic mass is 16.4. The average molecular weight is 278 g/mol. The Labute approximate surface area is 116 Å². The molecule has 3 N–H and O–H groups in total. The average Bonchev–Trinajstić information content (AvgIpc) is 2.67. The van der Waals surface area contributed by atoms with Gasteiger partial charge in [-0.1, -0.05) is 0 Å². The Morgan fingerprint density at radius 1 is 1.30 bits per heavy atom. The van der Waals surface area contributed by atoms with Crippen molar-refractivity contribution in [2.75, 3.05) is 0 Å². The summed E-state index contributed by atoms with van der Waals surface area (Å²) < 4.78 is 0. The number of H-pyrrole nitrogens is 1. The van der Waals surface area contributed by atoms with Crippen LogP contribution in [-0.2, 0) is 11.2 Å². The van der Waals surface area contributed by atoms with Crippen LogP contribution in [0, 0.1) is 6.92 Å². The Balaban J connectivity index is 2.33. The van der Waals surface area contributed by atoms with Gasteiger partial charge in [-0.25, -0.2) is 4.79 Å². The van der Waals surface area contributed by atoms with Crippen LogP contribution in [0.25, 0.3) is 0 Å². The quantitative estimate of drug-likeness (QED) is 0.778. The highest BCUT2D eigenvalue weighted by molar-refractivity contribution is 6.05. The molecule has 0 unspecified atom stereocenters. The van der Waals surface area contributed by atoms with E-state index in [1.54, 1.807) is 6.92 Å². The molecule has 0 radical (unpaired) electrons. The van der Waals surface area contributed by atoms with Crippen molar-refractivity contribution in [3.63, 3.8) is 0 Å². The molecule has 0 fully saturated rings. The van der Waals surface area contributed by atoms with E-state index in [0.29, 0.717) is 17.5 Å². The predicted octanol–water partition coefficient (Wildman–Crippen LogP) is 1.44. The molecule has 1 aliphatic carbocycles. The van der Waals surface area contributed by atoms with Crippen LogP contribution >= 0.6 is 0 Å². The fourth-order valence-electron chi connectivity index (χ4n) is 2.40. The van der Waals surface area contributed by atoms with Crippen molar-refractivity contribution in [2.24, 2.45) is 0 Å². The van der Waals surface area contributed by atoms with Crippen molar-refractivity contribution < 1.29 is 19.5 Å². The second-order valence-electron chi connectivity index (χ2n) is 5.64. The number of aromatic nitrogens is 1. The second kappa shape index (κ2) is 4.77. The number of nitrogens with one attached hydrogen (secondary N) is 2. The molecule has 0 saturated heterocycles. The number of aromatic amines is 1. The number of aliphatic carboxylic acids is 1. The molecule has 0 spiro atoms. The van der Waals surface area contributed by atoms with Crippen LogP contribution in [0.2, 0.25) is 0 Å². The molecule has 0 atom stereocenters. The molecule has 1 amide bonds. The van der Waals surface area contributed by atoms with E-state index in [1.807, 2.05) is 0 Å². The van der Waals surface area contributed by atoms with Crippen molar-refractivity contribution >= 4 is 17.7 Å². The number of amides is 1. The van der Waals surface area contributed by atoms with Gasteiger partial charge in [0.05, 0.1) is 0 Å². The van der Waals surface area contributed by atoms with E-state index in [4.69, 9.17) is 5.11 Å². The Hall–Kier alpha value is -2.11. The first kappa shape index (κ1) is 14.3. The molecule has 0 aliphatic heterocycles. The standard InChI is InChI=1S/C14H18N2O4/c1-7-10-8(5-4-6-9(10)17)15-11(7)12(18)16-14(2,3)13(19)20/h15H,4-6H2,1-3H3,(H,16,18)(H,19,20). The molecule has 1 aliphatic rings. The van der Waals surface area contributed by atoms with Crippen LogP contribution in [0.4, 0.5) is 0 Å². The fourth-order valence-corrected chi connectivity index (χ4v) is 2.40. The number of aryl methyl sites for hydroxylation is 1. The Kier molecular flexibility index (Phi) is 3.41. The molecule has 108 valence electrons. The summed E-state index contributed by atoms with van der Waals surface area (Å²) in [6, 6.07) is 0. The smallest absolute Gasteiger partial charge is 0.328 e. The molecule has 0 aromatic carbocycles. The van der Waals surface area contributed by atoms with Crippen molar-refractivity contribution in [1.29, 1.82) is 0 Å². The molecule has 0 bridgehead atoms. The Morgan fingerprint density at radius 2 is 1.95 bits per heavy atom. The number of hydrogen-bond acceptors (Lipinski definition) is 3. The summed E-state index contributed by atoms with van der Waals surface area (Å²) in [4.78, 5) is 38.1. The van der Waals surface area contributed by atoms with Gasteiger partial charge in [0, 0.05) is 17.7 Å². The maximum absolute atomic E-state index is 12.2. The summed E-state index contributed by atoms with van der Waals surface area (Å²) in [5.74, 6) is -1.58. The summed E-state index contributed by atoms with van der Waals surface area (Å²) in [5, 5.41) is 11.5. The van der Waals surface area contributed by atoms with Gasteiger partial charge in [0.15, 0.2) is 5.78 Å². The molecule has 1 aromatic heterocycles. The van der Waals surface area contributed by atoms with Crippen LogP contribution in [-0.4, -0.2) is 33.3 Å². The maximum Gasteiger partial charge on any atom is 0.328 e. The summed E-state index contributed by atoms with van der Waals surface area (Å²) in [6.45, 7) is 4.54. The van der Waals surface area contributed by atoms with Crippen molar-refractivity contribution in [2.45, 2.75) is 45.6 Å². The van der Waals surface area contributed by atoms with E-state index in [2.05, 4.69) is 10.3 Å². The summed E-state index contributed by atoms with van der Waals surface area (Å²) in [6.07, 6.45) is 2.00. The van der Waals surface area contributed by atoms with Crippen LogP contribution in [0.1, 0.15) is 58.8 Å².